The number of hydrogen-bond acceptors (Lipinski definition) is 8. The summed E-state index contributed by atoms with van der Waals surface area (Å²) in [6, 6.07) is 7.30. The van der Waals surface area contributed by atoms with E-state index in [0.717, 1.165) is 43.7 Å². The van der Waals surface area contributed by atoms with E-state index in [-0.39, 0.29) is 18.0 Å². The number of piperazine rings is 1. The first kappa shape index (κ1) is 19.5. The number of rotatable bonds is 5. The molecule has 0 unspecified atom stereocenters. The highest BCUT2D eigenvalue weighted by atomic mass is 32.1. The molecule has 4 N–H and O–H groups in total. The Morgan fingerprint density at radius 2 is 2.07 bits per heavy atom. The normalized spacial score (nSPS) is 14.3. The van der Waals surface area contributed by atoms with Crippen molar-refractivity contribution in [2.45, 2.75) is 13.3 Å². The van der Waals surface area contributed by atoms with Crippen LogP contribution in [0.25, 0.3) is 15.5 Å². The number of nitrogens with zero attached hydrogens (tertiary/aromatic N) is 4. The number of amides is 1. The largest absolute Gasteiger partial charge is 0.354 e. The lowest BCUT2D eigenvalue weighted by atomic mass is 10.1. The highest BCUT2D eigenvalue weighted by molar-refractivity contribution is 7.19. The molecule has 0 saturated carbocycles. The molecule has 0 bridgehead atoms. The lowest BCUT2D eigenvalue weighted by Gasteiger charge is -2.27. The van der Waals surface area contributed by atoms with Gasteiger partial charge in [0.05, 0.1) is 6.54 Å². The summed E-state index contributed by atoms with van der Waals surface area (Å²) in [7, 11) is 0. The summed E-state index contributed by atoms with van der Waals surface area (Å²) in [5.74, 6) is 0.428. The van der Waals surface area contributed by atoms with Gasteiger partial charge < -0.3 is 21.3 Å². The molecule has 1 aromatic carbocycles. The third-order valence-electron chi connectivity index (χ3n) is 4.79. The monoisotopic (exact) mass is 413 g/mol. The Bertz CT molecular complexity index is 1100. The van der Waals surface area contributed by atoms with E-state index in [9.17, 15) is 9.59 Å². The second-order valence-corrected chi connectivity index (χ2v) is 7.77. The van der Waals surface area contributed by atoms with Crippen molar-refractivity contribution in [1.82, 2.24) is 19.9 Å². The van der Waals surface area contributed by atoms with Crippen molar-refractivity contribution in [3.63, 3.8) is 0 Å². The maximum absolute atomic E-state index is 12.6. The average molecular weight is 414 g/mol. The smallest absolute Gasteiger partial charge is 0.277 e. The lowest BCUT2D eigenvalue weighted by Crippen LogP contribution is -2.44. The molecule has 1 aliphatic rings. The second-order valence-electron chi connectivity index (χ2n) is 6.82. The maximum Gasteiger partial charge on any atom is 0.277 e. The zero-order valence-electron chi connectivity index (χ0n) is 16.1. The quantitative estimate of drug-likeness (QED) is 0.563. The highest BCUT2D eigenvalue weighted by Gasteiger charge is 2.17. The lowest BCUT2D eigenvalue weighted by molar-refractivity contribution is -0.114. The minimum Gasteiger partial charge on any atom is -0.354 e. The number of fused-ring (bicyclic) bond motifs is 1. The Labute approximate surface area is 171 Å². The van der Waals surface area contributed by atoms with Crippen LogP contribution in [0.2, 0.25) is 0 Å². The van der Waals surface area contributed by atoms with E-state index in [1.54, 1.807) is 0 Å². The van der Waals surface area contributed by atoms with Gasteiger partial charge in [-0.2, -0.15) is 9.61 Å². The molecule has 0 atom stereocenters. The van der Waals surface area contributed by atoms with Crippen LogP contribution >= 0.6 is 11.3 Å². The summed E-state index contributed by atoms with van der Waals surface area (Å²) >= 11 is 1.36. The summed E-state index contributed by atoms with van der Waals surface area (Å²) in [5.41, 5.74) is 7.75. The number of nitrogens with one attached hydrogen (secondary N) is 2. The van der Waals surface area contributed by atoms with E-state index in [1.165, 1.54) is 21.9 Å². The number of benzene rings is 1. The molecule has 0 radical (unpaired) electrons. The molecule has 0 aliphatic carbocycles. The molecule has 152 valence electrons. The number of nitrogens with two attached hydrogens (primary N) is 1. The Morgan fingerprint density at radius 1 is 1.28 bits per heavy atom. The number of aromatic nitrogens is 3. The van der Waals surface area contributed by atoms with Crippen molar-refractivity contribution in [2.75, 3.05) is 42.9 Å². The summed E-state index contributed by atoms with van der Waals surface area (Å²) < 4.78 is 1.34. The molecule has 29 heavy (non-hydrogen) atoms. The maximum atomic E-state index is 12.6. The summed E-state index contributed by atoms with van der Waals surface area (Å²) in [6.45, 7) is 5.33. The minimum atomic E-state index is -0.257. The summed E-state index contributed by atoms with van der Waals surface area (Å²) in [4.78, 5) is 31.6. The van der Waals surface area contributed by atoms with Gasteiger partial charge in [0.2, 0.25) is 10.9 Å². The van der Waals surface area contributed by atoms with Crippen molar-refractivity contribution in [1.29, 1.82) is 0 Å². The van der Waals surface area contributed by atoms with Crippen LogP contribution in [-0.2, 0) is 11.2 Å². The zero-order chi connectivity index (χ0) is 20.4. The fraction of sp³-hybridized carbons (Fsp3) is 0.368. The molecule has 9 nitrogen and oxygen atoms in total. The molecule has 3 heterocycles. The van der Waals surface area contributed by atoms with Gasteiger partial charge in [-0.05, 0) is 30.2 Å². The number of anilines is 2. The minimum absolute atomic E-state index is 0.0824. The second kappa shape index (κ2) is 8.27. The fourth-order valence-corrected chi connectivity index (χ4v) is 4.16. The first-order valence-electron chi connectivity index (χ1n) is 9.58. The Morgan fingerprint density at radius 3 is 2.79 bits per heavy atom. The number of carbonyl (C=O) groups is 1. The third kappa shape index (κ3) is 4.14. The van der Waals surface area contributed by atoms with Crippen LogP contribution < -0.4 is 26.8 Å². The van der Waals surface area contributed by atoms with E-state index in [0.29, 0.717) is 21.5 Å². The zero-order valence-corrected chi connectivity index (χ0v) is 17.0. The number of aryl methyl sites for hydroxylation is 1. The summed E-state index contributed by atoms with van der Waals surface area (Å²) in [5, 5.41) is 11.2. The molecule has 4 rings (SSSR count). The molecule has 2 aromatic heterocycles. The van der Waals surface area contributed by atoms with Crippen LogP contribution in [0.1, 0.15) is 12.5 Å². The fourth-order valence-electron chi connectivity index (χ4n) is 3.28. The Balaban J connectivity index is 1.74. The van der Waals surface area contributed by atoms with E-state index in [1.807, 2.05) is 25.1 Å². The standard InChI is InChI=1S/C19H23N7O2S/c1-2-12-7-13(9-14(8-12)22-16(27)11-20)18-24-26-17(28)10-15(23-19(26)29-18)25-5-3-21-4-6-25/h7-10,21H,2-6,11,20H2,1H3,(H,22,27). The van der Waals surface area contributed by atoms with Gasteiger partial charge in [0.15, 0.2) is 0 Å². The molecule has 0 spiro atoms. The van der Waals surface area contributed by atoms with Crippen LogP contribution in [0.15, 0.2) is 29.1 Å². The first-order valence-corrected chi connectivity index (χ1v) is 10.4. The molecule has 10 heteroatoms. The molecule has 3 aromatic rings. The Kier molecular flexibility index (Phi) is 5.56. The topological polar surface area (TPSA) is 118 Å². The van der Waals surface area contributed by atoms with Gasteiger partial charge >= 0.3 is 0 Å². The molecule has 1 fully saturated rings. The first-order chi connectivity index (χ1) is 14.1. The van der Waals surface area contributed by atoms with Crippen molar-refractivity contribution in [3.8, 4) is 10.6 Å². The van der Waals surface area contributed by atoms with E-state index < -0.39 is 0 Å². The average Bonchev–Trinajstić information content (AvgIpc) is 3.19. The molecule has 1 aliphatic heterocycles. The number of carbonyl (C=O) groups excluding carboxylic acids is 1. The van der Waals surface area contributed by atoms with Gasteiger partial charge in [-0.1, -0.05) is 18.3 Å². The van der Waals surface area contributed by atoms with Gasteiger partial charge in [0, 0.05) is 43.5 Å². The van der Waals surface area contributed by atoms with Crippen LogP contribution in [-0.4, -0.2) is 53.2 Å². The Hall–Kier alpha value is -2.82. The van der Waals surface area contributed by atoms with Gasteiger partial charge in [0.1, 0.15) is 10.8 Å². The SMILES string of the molecule is CCc1cc(NC(=O)CN)cc(-c2nn3c(=O)cc(N4CCNCC4)nc3s2)c1. The number of hydrogen-bond donors (Lipinski definition) is 3. The van der Waals surface area contributed by atoms with E-state index >= 15 is 0 Å². The van der Waals surface area contributed by atoms with Gasteiger partial charge in [-0.25, -0.2) is 4.98 Å². The van der Waals surface area contributed by atoms with Crippen LogP contribution in [0, 0.1) is 0 Å². The van der Waals surface area contributed by atoms with Crippen LogP contribution in [0.4, 0.5) is 11.5 Å². The van der Waals surface area contributed by atoms with Crippen molar-refractivity contribution in [3.05, 3.63) is 40.2 Å². The van der Waals surface area contributed by atoms with Crippen LogP contribution in [0.5, 0.6) is 0 Å². The predicted octanol–water partition coefficient (Wildman–Crippen LogP) is 0.687. The van der Waals surface area contributed by atoms with Crippen molar-refractivity contribution >= 4 is 33.7 Å². The van der Waals surface area contributed by atoms with Gasteiger partial charge in [-0.3, -0.25) is 9.59 Å². The van der Waals surface area contributed by atoms with E-state index in [2.05, 4.69) is 25.6 Å². The third-order valence-corrected chi connectivity index (χ3v) is 5.75. The van der Waals surface area contributed by atoms with Gasteiger partial charge in [0.25, 0.3) is 5.56 Å². The highest BCUT2D eigenvalue weighted by Crippen LogP contribution is 2.29. The van der Waals surface area contributed by atoms with Gasteiger partial charge in [-0.15, -0.1) is 0 Å². The summed E-state index contributed by atoms with van der Waals surface area (Å²) in [6.07, 6.45) is 0.801. The van der Waals surface area contributed by atoms with E-state index in [4.69, 9.17) is 5.73 Å². The molecular weight excluding hydrogens is 390 g/mol. The van der Waals surface area contributed by atoms with Crippen LogP contribution in [0.3, 0.4) is 0 Å². The van der Waals surface area contributed by atoms with Crippen molar-refractivity contribution in [2.24, 2.45) is 5.73 Å². The molecule has 1 saturated heterocycles. The molecule has 1 amide bonds. The van der Waals surface area contributed by atoms with Crippen molar-refractivity contribution < 1.29 is 4.79 Å². The molecular formula is C19H23N7O2S. The predicted molar refractivity (Wildman–Crippen MR) is 115 cm³/mol.